The van der Waals surface area contributed by atoms with Crippen LogP contribution in [0.15, 0.2) is 60.1 Å². The van der Waals surface area contributed by atoms with Gasteiger partial charge in [0.1, 0.15) is 28.6 Å². The quantitative estimate of drug-likeness (QED) is 0.552. The molecular formula is C22H22N4O3. The topological polar surface area (TPSA) is 120 Å². The number of hydrogen-bond donors (Lipinski definition) is 3. The molecule has 1 aromatic carbocycles. The number of rotatable bonds is 6. The van der Waals surface area contributed by atoms with Crippen LogP contribution in [0.2, 0.25) is 0 Å². The SMILES string of the molecule is C=C/C=C(\C=C)c1ccc(-c2nn(-c3c(C)ccc(O)c3C)c(N)c2C(N)=O)o1. The van der Waals surface area contributed by atoms with Crippen molar-refractivity contribution in [3.8, 4) is 22.9 Å². The summed E-state index contributed by atoms with van der Waals surface area (Å²) in [6.07, 6.45) is 5.00. The van der Waals surface area contributed by atoms with Crippen LogP contribution in [0.1, 0.15) is 27.2 Å². The number of phenols is 1. The molecule has 0 fully saturated rings. The van der Waals surface area contributed by atoms with Gasteiger partial charge in [0.15, 0.2) is 5.76 Å². The van der Waals surface area contributed by atoms with Gasteiger partial charge in [0.2, 0.25) is 0 Å². The number of nitrogen functional groups attached to an aromatic ring is 1. The van der Waals surface area contributed by atoms with Crippen molar-refractivity contribution in [1.82, 2.24) is 9.78 Å². The van der Waals surface area contributed by atoms with Crippen molar-refractivity contribution in [2.45, 2.75) is 13.8 Å². The molecule has 0 aliphatic carbocycles. The molecule has 0 saturated heterocycles. The third-order valence-electron chi connectivity index (χ3n) is 4.62. The lowest BCUT2D eigenvalue weighted by Gasteiger charge is -2.12. The van der Waals surface area contributed by atoms with E-state index in [2.05, 4.69) is 18.3 Å². The normalized spacial score (nSPS) is 11.4. The second kappa shape index (κ2) is 7.55. The molecule has 3 aromatic rings. The number of anilines is 1. The van der Waals surface area contributed by atoms with E-state index in [1.807, 2.05) is 6.92 Å². The highest BCUT2D eigenvalue weighted by Crippen LogP contribution is 2.35. The van der Waals surface area contributed by atoms with Crippen molar-refractivity contribution in [2.24, 2.45) is 5.73 Å². The van der Waals surface area contributed by atoms with Crippen molar-refractivity contribution < 1.29 is 14.3 Å². The van der Waals surface area contributed by atoms with Crippen LogP contribution in [0.3, 0.4) is 0 Å². The maximum Gasteiger partial charge on any atom is 0.254 e. The molecule has 7 heteroatoms. The first-order valence-corrected chi connectivity index (χ1v) is 8.83. The van der Waals surface area contributed by atoms with Crippen molar-refractivity contribution in [3.63, 3.8) is 0 Å². The Morgan fingerprint density at radius 2 is 1.97 bits per heavy atom. The number of furan rings is 1. The lowest BCUT2D eigenvalue weighted by molar-refractivity contribution is 0.100. The molecule has 0 bridgehead atoms. The largest absolute Gasteiger partial charge is 0.508 e. The Bertz CT molecular complexity index is 1170. The number of aromatic hydroxyl groups is 1. The molecule has 7 nitrogen and oxygen atoms in total. The maximum absolute atomic E-state index is 12.2. The Balaban J connectivity index is 2.24. The molecule has 0 spiro atoms. The third-order valence-corrected chi connectivity index (χ3v) is 4.62. The minimum atomic E-state index is -0.734. The summed E-state index contributed by atoms with van der Waals surface area (Å²) >= 11 is 0. The molecule has 0 unspecified atom stereocenters. The van der Waals surface area contributed by atoms with E-state index in [0.29, 0.717) is 22.8 Å². The first kappa shape index (κ1) is 19.8. The van der Waals surface area contributed by atoms with Gasteiger partial charge in [-0.3, -0.25) is 4.79 Å². The number of amides is 1. The summed E-state index contributed by atoms with van der Waals surface area (Å²) in [6.45, 7) is 11.0. The Hall–Kier alpha value is -4.00. The molecule has 0 atom stereocenters. The Morgan fingerprint density at radius 3 is 2.59 bits per heavy atom. The first-order valence-electron chi connectivity index (χ1n) is 8.83. The molecule has 1 amide bonds. The fourth-order valence-corrected chi connectivity index (χ4v) is 3.17. The van der Waals surface area contributed by atoms with E-state index in [1.165, 1.54) is 4.68 Å². The standard InChI is InChI=1S/C22H22N4O3/c1-5-7-14(6-2)16-10-11-17(29-16)19-18(22(24)28)21(23)26(25-19)20-12(3)8-9-15(27)13(20)4/h5-11,27H,1-2,23H2,3-4H3,(H2,24,28)/b14-7+. The van der Waals surface area contributed by atoms with Gasteiger partial charge in [-0.1, -0.05) is 37.5 Å². The zero-order valence-corrected chi connectivity index (χ0v) is 16.3. The predicted octanol–water partition coefficient (Wildman–Crippen LogP) is 3.89. The number of aryl methyl sites for hydroxylation is 1. The number of allylic oxidation sites excluding steroid dienone is 4. The van der Waals surface area contributed by atoms with Gasteiger partial charge in [-0.05, 0) is 37.6 Å². The van der Waals surface area contributed by atoms with Gasteiger partial charge >= 0.3 is 0 Å². The van der Waals surface area contributed by atoms with Crippen LogP contribution in [0, 0.1) is 13.8 Å². The first-order chi connectivity index (χ1) is 13.8. The predicted molar refractivity (Wildman–Crippen MR) is 114 cm³/mol. The van der Waals surface area contributed by atoms with Gasteiger partial charge in [-0.15, -0.1) is 0 Å². The highest BCUT2D eigenvalue weighted by atomic mass is 16.3. The molecule has 29 heavy (non-hydrogen) atoms. The zero-order chi connectivity index (χ0) is 21.3. The van der Waals surface area contributed by atoms with E-state index in [-0.39, 0.29) is 22.8 Å². The Kier molecular flexibility index (Phi) is 5.14. The van der Waals surface area contributed by atoms with Crippen molar-refractivity contribution in [1.29, 1.82) is 0 Å². The molecule has 148 valence electrons. The Labute approximate surface area is 168 Å². The molecule has 5 N–H and O–H groups in total. The van der Waals surface area contributed by atoms with Crippen LogP contribution in [-0.4, -0.2) is 20.8 Å². The van der Waals surface area contributed by atoms with Crippen molar-refractivity contribution in [2.75, 3.05) is 5.73 Å². The number of primary amides is 1. The van der Waals surface area contributed by atoms with Gasteiger partial charge < -0.3 is 21.0 Å². The molecule has 0 aliphatic heterocycles. The van der Waals surface area contributed by atoms with E-state index >= 15 is 0 Å². The number of hydrogen-bond acceptors (Lipinski definition) is 5. The van der Waals surface area contributed by atoms with Gasteiger partial charge in [0, 0.05) is 11.1 Å². The van der Waals surface area contributed by atoms with Gasteiger partial charge in [-0.25, -0.2) is 4.68 Å². The van der Waals surface area contributed by atoms with Crippen molar-refractivity contribution >= 4 is 17.3 Å². The van der Waals surface area contributed by atoms with Crippen LogP contribution in [0.4, 0.5) is 5.82 Å². The second-order valence-electron chi connectivity index (χ2n) is 6.49. The summed E-state index contributed by atoms with van der Waals surface area (Å²) in [6, 6.07) is 6.74. The van der Waals surface area contributed by atoms with E-state index in [4.69, 9.17) is 15.9 Å². The summed E-state index contributed by atoms with van der Waals surface area (Å²) in [4.78, 5) is 12.2. The summed E-state index contributed by atoms with van der Waals surface area (Å²) in [7, 11) is 0. The van der Waals surface area contributed by atoms with E-state index < -0.39 is 5.91 Å². The molecular weight excluding hydrogens is 368 g/mol. The number of phenolic OH excluding ortho intramolecular Hbond substituents is 1. The second-order valence-corrected chi connectivity index (χ2v) is 6.49. The van der Waals surface area contributed by atoms with Crippen LogP contribution in [-0.2, 0) is 0 Å². The average Bonchev–Trinajstić information content (AvgIpc) is 3.28. The van der Waals surface area contributed by atoms with Crippen LogP contribution < -0.4 is 11.5 Å². The lowest BCUT2D eigenvalue weighted by atomic mass is 10.1. The molecule has 0 radical (unpaired) electrons. The van der Waals surface area contributed by atoms with Gasteiger partial charge in [0.25, 0.3) is 5.91 Å². The number of benzene rings is 1. The number of nitrogens with two attached hydrogens (primary N) is 2. The smallest absolute Gasteiger partial charge is 0.254 e. The third kappa shape index (κ3) is 3.34. The number of carbonyl (C=O) groups is 1. The fourth-order valence-electron chi connectivity index (χ4n) is 3.17. The minimum absolute atomic E-state index is 0.0425. The van der Waals surface area contributed by atoms with Crippen LogP contribution in [0.25, 0.3) is 22.7 Å². The minimum Gasteiger partial charge on any atom is -0.508 e. The summed E-state index contributed by atoms with van der Waals surface area (Å²) in [5.41, 5.74) is 14.8. The Morgan fingerprint density at radius 1 is 1.24 bits per heavy atom. The van der Waals surface area contributed by atoms with Crippen LogP contribution in [0.5, 0.6) is 5.75 Å². The number of carbonyl (C=O) groups excluding carboxylic acids is 1. The highest BCUT2D eigenvalue weighted by molar-refractivity contribution is 6.03. The fraction of sp³-hybridized carbons (Fsp3) is 0.0909. The maximum atomic E-state index is 12.2. The molecule has 2 heterocycles. The van der Waals surface area contributed by atoms with E-state index in [0.717, 1.165) is 11.1 Å². The lowest BCUT2D eigenvalue weighted by Crippen LogP contribution is -2.14. The highest BCUT2D eigenvalue weighted by Gasteiger charge is 2.26. The molecule has 3 rings (SSSR count). The van der Waals surface area contributed by atoms with Crippen LogP contribution >= 0.6 is 0 Å². The summed E-state index contributed by atoms with van der Waals surface area (Å²) in [5.74, 6) is 0.276. The molecule has 2 aromatic heterocycles. The molecule has 0 aliphatic rings. The zero-order valence-electron chi connectivity index (χ0n) is 16.3. The van der Waals surface area contributed by atoms with Gasteiger partial charge in [-0.2, -0.15) is 5.10 Å². The van der Waals surface area contributed by atoms with E-state index in [9.17, 15) is 9.90 Å². The number of aromatic nitrogens is 2. The van der Waals surface area contributed by atoms with Gasteiger partial charge in [0.05, 0.1) is 5.69 Å². The van der Waals surface area contributed by atoms with E-state index in [1.54, 1.807) is 49.4 Å². The summed E-state index contributed by atoms with van der Waals surface area (Å²) in [5, 5.41) is 14.6. The number of nitrogens with zero attached hydrogens (tertiary/aromatic N) is 2. The van der Waals surface area contributed by atoms with Crippen molar-refractivity contribution in [3.05, 3.63) is 78.1 Å². The average molecular weight is 390 g/mol. The molecule has 0 saturated carbocycles. The monoisotopic (exact) mass is 390 g/mol. The summed E-state index contributed by atoms with van der Waals surface area (Å²) < 4.78 is 7.28.